The van der Waals surface area contributed by atoms with Crippen molar-refractivity contribution in [3.8, 4) is 0 Å². The summed E-state index contributed by atoms with van der Waals surface area (Å²) in [6, 6.07) is 0. The Bertz CT molecular complexity index is 127. The maximum Gasteiger partial charge on any atom is 0.0596 e. The summed E-state index contributed by atoms with van der Waals surface area (Å²) in [5, 5.41) is 9.68. The molecule has 2 aliphatic carbocycles. The fraction of sp³-hybridized carbons (Fsp3) is 1.00. The first-order valence-corrected chi connectivity index (χ1v) is 4.52. The zero-order chi connectivity index (χ0) is 7.03. The van der Waals surface area contributed by atoms with Crippen LogP contribution in [0.25, 0.3) is 0 Å². The molecule has 1 unspecified atom stereocenters. The third kappa shape index (κ3) is 0.800. The molecule has 1 N–H and O–H groups in total. The molecule has 10 heavy (non-hydrogen) atoms. The Morgan fingerprint density at radius 1 is 1.00 bits per heavy atom. The number of hydrogen-bond acceptors (Lipinski definition) is 1. The van der Waals surface area contributed by atoms with E-state index in [-0.39, 0.29) is 6.10 Å². The quantitative estimate of drug-likeness (QED) is 0.546. The molecular formula is C9H16O. The zero-order valence-corrected chi connectivity index (χ0v) is 6.47. The lowest BCUT2D eigenvalue weighted by atomic mass is 9.59. The third-order valence-corrected chi connectivity index (χ3v) is 3.46. The van der Waals surface area contributed by atoms with Crippen molar-refractivity contribution in [3.05, 3.63) is 0 Å². The average Bonchev–Trinajstić information content (AvgIpc) is 1.85. The van der Waals surface area contributed by atoms with Gasteiger partial charge in [0.25, 0.3) is 0 Å². The normalized spacial score (nSPS) is 37.5. The van der Waals surface area contributed by atoms with Gasteiger partial charge in [-0.3, -0.25) is 0 Å². The molecule has 1 nitrogen and oxygen atoms in total. The molecule has 0 amide bonds. The summed E-state index contributed by atoms with van der Waals surface area (Å²) in [4.78, 5) is 0. The molecule has 0 aromatic carbocycles. The highest BCUT2D eigenvalue weighted by molar-refractivity contribution is 4.95. The van der Waals surface area contributed by atoms with Crippen LogP contribution in [-0.2, 0) is 0 Å². The van der Waals surface area contributed by atoms with Crippen LogP contribution >= 0.6 is 0 Å². The van der Waals surface area contributed by atoms with Crippen molar-refractivity contribution < 1.29 is 5.11 Å². The van der Waals surface area contributed by atoms with E-state index in [1.54, 1.807) is 0 Å². The van der Waals surface area contributed by atoms with Gasteiger partial charge in [0.05, 0.1) is 6.10 Å². The van der Waals surface area contributed by atoms with Crippen molar-refractivity contribution in [2.24, 2.45) is 5.41 Å². The smallest absolute Gasteiger partial charge is 0.0596 e. The minimum Gasteiger partial charge on any atom is -0.393 e. The Balaban J connectivity index is 2.03. The van der Waals surface area contributed by atoms with Gasteiger partial charge in [-0.1, -0.05) is 19.3 Å². The van der Waals surface area contributed by atoms with Crippen LogP contribution in [0.4, 0.5) is 0 Å². The zero-order valence-electron chi connectivity index (χ0n) is 6.47. The predicted octanol–water partition coefficient (Wildman–Crippen LogP) is 2.09. The molecule has 0 saturated heterocycles. The maximum absolute atomic E-state index is 9.68. The molecule has 0 aromatic heterocycles. The molecule has 0 bridgehead atoms. The minimum atomic E-state index is 0.0509. The van der Waals surface area contributed by atoms with Crippen LogP contribution < -0.4 is 0 Å². The Labute approximate surface area is 62.4 Å². The summed E-state index contributed by atoms with van der Waals surface area (Å²) in [5.74, 6) is 0. The van der Waals surface area contributed by atoms with Gasteiger partial charge in [0.1, 0.15) is 0 Å². The van der Waals surface area contributed by atoms with E-state index in [4.69, 9.17) is 0 Å². The van der Waals surface area contributed by atoms with Gasteiger partial charge in [0, 0.05) is 0 Å². The molecule has 0 aromatic rings. The first kappa shape index (κ1) is 6.66. The van der Waals surface area contributed by atoms with Crippen LogP contribution in [0, 0.1) is 5.41 Å². The largest absolute Gasteiger partial charge is 0.393 e. The highest BCUT2D eigenvalue weighted by Crippen LogP contribution is 2.51. The van der Waals surface area contributed by atoms with Gasteiger partial charge in [-0.2, -0.15) is 0 Å². The van der Waals surface area contributed by atoms with Crippen molar-refractivity contribution >= 4 is 0 Å². The summed E-state index contributed by atoms with van der Waals surface area (Å²) >= 11 is 0. The van der Waals surface area contributed by atoms with Crippen molar-refractivity contribution in [1.29, 1.82) is 0 Å². The number of rotatable bonds is 0. The van der Waals surface area contributed by atoms with E-state index in [1.165, 1.54) is 38.5 Å². The lowest BCUT2D eigenvalue weighted by molar-refractivity contribution is -0.0649. The highest BCUT2D eigenvalue weighted by Gasteiger charge is 2.44. The van der Waals surface area contributed by atoms with Gasteiger partial charge < -0.3 is 5.11 Å². The molecule has 2 saturated carbocycles. The van der Waals surface area contributed by atoms with Crippen LogP contribution in [0.15, 0.2) is 0 Å². The molecule has 2 fully saturated rings. The lowest BCUT2D eigenvalue weighted by Crippen LogP contribution is -2.43. The maximum atomic E-state index is 9.68. The Morgan fingerprint density at radius 2 is 1.70 bits per heavy atom. The fourth-order valence-corrected chi connectivity index (χ4v) is 2.50. The molecule has 0 aliphatic heterocycles. The topological polar surface area (TPSA) is 20.2 Å². The second-order valence-electron chi connectivity index (χ2n) is 3.98. The van der Waals surface area contributed by atoms with Crippen LogP contribution in [0.2, 0.25) is 0 Å². The molecule has 0 radical (unpaired) electrons. The Kier molecular flexibility index (Phi) is 1.48. The van der Waals surface area contributed by atoms with Crippen LogP contribution in [0.3, 0.4) is 0 Å². The van der Waals surface area contributed by atoms with E-state index in [2.05, 4.69) is 0 Å². The average molecular weight is 140 g/mol. The molecule has 1 spiro atoms. The molecule has 1 atom stereocenters. The van der Waals surface area contributed by atoms with Crippen molar-refractivity contribution in [1.82, 2.24) is 0 Å². The Morgan fingerprint density at radius 3 is 2.10 bits per heavy atom. The van der Waals surface area contributed by atoms with Gasteiger partial charge in [-0.05, 0) is 31.1 Å². The van der Waals surface area contributed by atoms with E-state index in [9.17, 15) is 5.11 Å². The van der Waals surface area contributed by atoms with E-state index < -0.39 is 0 Å². The van der Waals surface area contributed by atoms with Crippen LogP contribution in [0.1, 0.15) is 44.9 Å². The van der Waals surface area contributed by atoms with Crippen LogP contribution in [0.5, 0.6) is 0 Å². The number of aliphatic hydroxyl groups excluding tert-OH is 1. The van der Waals surface area contributed by atoms with Gasteiger partial charge >= 0.3 is 0 Å². The standard InChI is InChI=1S/C9H16O/c10-8-4-1-2-5-9(8)6-3-7-9/h8,10H,1-7H2. The molecule has 2 aliphatic rings. The third-order valence-electron chi connectivity index (χ3n) is 3.46. The second-order valence-corrected chi connectivity index (χ2v) is 3.98. The van der Waals surface area contributed by atoms with Gasteiger partial charge in [-0.15, -0.1) is 0 Å². The van der Waals surface area contributed by atoms with E-state index in [1.807, 2.05) is 0 Å². The van der Waals surface area contributed by atoms with Crippen LogP contribution in [-0.4, -0.2) is 11.2 Å². The molecule has 2 rings (SSSR count). The molecular weight excluding hydrogens is 124 g/mol. The summed E-state index contributed by atoms with van der Waals surface area (Å²) < 4.78 is 0. The second kappa shape index (κ2) is 2.23. The minimum absolute atomic E-state index is 0.0509. The van der Waals surface area contributed by atoms with E-state index >= 15 is 0 Å². The molecule has 58 valence electrons. The first-order valence-electron chi connectivity index (χ1n) is 4.52. The summed E-state index contributed by atoms with van der Waals surface area (Å²) in [6.45, 7) is 0. The van der Waals surface area contributed by atoms with Gasteiger partial charge in [0.15, 0.2) is 0 Å². The SMILES string of the molecule is OC1CCCCC12CCC2. The van der Waals surface area contributed by atoms with Crippen molar-refractivity contribution in [2.75, 3.05) is 0 Å². The first-order chi connectivity index (χ1) is 4.83. The number of hydrogen-bond donors (Lipinski definition) is 1. The lowest BCUT2D eigenvalue weighted by Gasteiger charge is -2.48. The van der Waals surface area contributed by atoms with Gasteiger partial charge in [0.2, 0.25) is 0 Å². The molecule has 0 heterocycles. The monoisotopic (exact) mass is 140 g/mol. The van der Waals surface area contributed by atoms with Crippen molar-refractivity contribution in [3.63, 3.8) is 0 Å². The summed E-state index contributed by atoms with van der Waals surface area (Å²) in [5.41, 5.74) is 0.415. The highest BCUT2D eigenvalue weighted by atomic mass is 16.3. The van der Waals surface area contributed by atoms with Crippen molar-refractivity contribution in [2.45, 2.75) is 51.0 Å². The summed E-state index contributed by atoms with van der Waals surface area (Å²) in [6.07, 6.45) is 8.99. The number of aliphatic hydroxyl groups is 1. The Hall–Kier alpha value is -0.0400. The fourth-order valence-electron chi connectivity index (χ4n) is 2.50. The van der Waals surface area contributed by atoms with E-state index in [0.717, 1.165) is 6.42 Å². The molecule has 1 heteroatoms. The summed E-state index contributed by atoms with van der Waals surface area (Å²) in [7, 11) is 0. The predicted molar refractivity (Wildman–Crippen MR) is 40.8 cm³/mol. The van der Waals surface area contributed by atoms with E-state index in [0.29, 0.717) is 5.41 Å². The van der Waals surface area contributed by atoms with Gasteiger partial charge in [-0.25, -0.2) is 0 Å².